The smallest absolute Gasteiger partial charge is 0.142 e. The summed E-state index contributed by atoms with van der Waals surface area (Å²) >= 11 is 0. The molecule has 0 aromatic rings. The Morgan fingerprint density at radius 2 is 2.38 bits per heavy atom. The van der Waals surface area contributed by atoms with E-state index in [1.54, 1.807) is 0 Å². The monoisotopic (exact) mass is 114 g/mol. The van der Waals surface area contributed by atoms with Gasteiger partial charge in [-0.2, -0.15) is 0 Å². The molecule has 1 N–H and O–H groups in total. The van der Waals surface area contributed by atoms with E-state index in [4.69, 9.17) is 5.11 Å². The summed E-state index contributed by atoms with van der Waals surface area (Å²) in [5.41, 5.74) is 0. The second-order valence-corrected chi connectivity index (χ2v) is 1.50. The molecule has 0 aliphatic rings. The molecule has 0 spiro atoms. The van der Waals surface area contributed by atoms with Gasteiger partial charge in [-0.05, 0) is 12.5 Å². The number of aliphatic hydroxyl groups is 1. The summed E-state index contributed by atoms with van der Waals surface area (Å²) in [5, 5.41) is 8.74. The molecule has 0 fully saturated rings. The van der Waals surface area contributed by atoms with Gasteiger partial charge in [-0.3, -0.25) is 4.79 Å². The largest absolute Gasteiger partial charge is 0.389 e. The van der Waals surface area contributed by atoms with Crippen molar-refractivity contribution in [2.75, 3.05) is 0 Å². The van der Waals surface area contributed by atoms with E-state index in [1.807, 2.05) is 6.92 Å². The van der Waals surface area contributed by atoms with Gasteiger partial charge >= 0.3 is 0 Å². The lowest BCUT2D eigenvalue weighted by Gasteiger charge is -1.94. The van der Waals surface area contributed by atoms with Crippen LogP contribution in [-0.4, -0.2) is 17.5 Å². The standard InChI is InChI=1S/C6H10O2/c1-2-6(8)4-3-5-7/h3-6,8H,2H2,1H3/b4-3+/t6-/m1/s1. The van der Waals surface area contributed by atoms with Crippen LogP contribution in [0.4, 0.5) is 0 Å². The first-order valence-electron chi connectivity index (χ1n) is 2.61. The van der Waals surface area contributed by atoms with Gasteiger partial charge in [-0.15, -0.1) is 0 Å². The third-order valence-electron chi connectivity index (χ3n) is 0.830. The number of allylic oxidation sites excluding steroid dienone is 1. The van der Waals surface area contributed by atoms with E-state index >= 15 is 0 Å². The van der Waals surface area contributed by atoms with Gasteiger partial charge in [-0.25, -0.2) is 0 Å². The van der Waals surface area contributed by atoms with Crippen LogP contribution in [0.25, 0.3) is 0 Å². The van der Waals surface area contributed by atoms with E-state index in [0.29, 0.717) is 12.7 Å². The average Bonchev–Trinajstić information content (AvgIpc) is 1.83. The molecular formula is C6H10O2. The first-order chi connectivity index (χ1) is 3.81. The van der Waals surface area contributed by atoms with Crippen LogP contribution in [0.3, 0.4) is 0 Å². The molecule has 0 amide bonds. The number of aldehydes is 1. The zero-order valence-electron chi connectivity index (χ0n) is 4.87. The number of hydrogen-bond donors (Lipinski definition) is 1. The van der Waals surface area contributed by atoms with Crippen LogP contribution in [0.2, 0.25) is 0 Å². The molecule has 46 valence electrons. The summed E-state index contributed by atoms with van der Waals surface area (Å²) in [5.74, 6) is 0. The van der Waals surface area contributed by atoms with E-state index < -0.39 is 6.10 Å². The zero-order valence-corrected chi connectivity index (χ0v) is 4.87. The molecule has 0 aromatic carbocycles. The molecule has 0 radical (unpaired) electrons. The number of carbonyl (C=O) groups is 1. The SMILES string of the molecule is CC[C@@H](O)/C=C/C=O. The number of rotatable bonds is 3. The molecule has 0 heterocycles. The maximum atomic E-state index is 9.63. The molecule has 8 heavy (non-hydrogen) atoms. The van der Waals surface area contributed by atoms with Crippen molar-refractivity contribution in [2.24, 2.45) is 0 Å². The average molecular weight is 114 g/mol. The fraction of sp³-hybridized carbons (Fsp3) is 0.500. The summed E-state index contributed by atoms with van der Waals surface area (Å²) in [6, 6.07) is 0. The Morgan fingerprint density at radius 1 is 1.75 bits per heavy atom. The topological polar surface area (TPSA) is 37.3 Å². The van der Waals surface area contributed by atoms with Gasteiger partial charge in [0.1, 0.15) is 6.29 Å². The summed E-state index contributed by atoms with van der Waals surface area (Å²) in [7, 11) is 0. The Balaban J connectivity index is 3.35. The summed E-state index contributed by atoms with van der Waals surface area (Å²) in [4.78, 5) is 9.63. The Hall–Kier alpha value is -0.630. The second kappa shape index (κ2) is 4.53. The van der Waals surface area contributed by atoms with Crippen LogP contribution in [0, 0.1) is 0 Å². The van der Waals surface area contributed by atoms with Crippen molar-refractivity contribution >= 4 is 6.29 Å². The van der Waals surface area contributed by atoms with Crippen molar-refractivity contribution in [3.8, 4) is 0 Å². The first kappa shape index (κ1) is 7.37. The molecule has 0 rings (SSSR count). The van der Waals surface area contributed by atoms with Gasteiger partial charge in [0.15, 0.2) is 0 Å². The molecule has 0 saturated carbocycles. The van der Waals surface area contributed by atoms with Crippen LogP contribution in [0.5, 0.6) is 0 Å². The maximum Gasteiger partial charge on any atom is 0.142 e. The summed E-state index contributed by atoms with van der Waals surface area (Å²) < 4.78 is 0. The molecule has 0 aliphatic heterocycles. The highest BCUT2D eigenvalue weighted by Gasteiger charge is 1.89. The second-order valence-electron chi connectivity index (χ2n) is 1.50. The number of aliphatic hydroxyl groups excluding tert-OH is 1. The lowest BCUT2D eigenvalue weighted by atomic mass is 10.3. The van der Waals surface area contributed by atoms with Crippen LogP contribution < -0.4 is 0 Å². The molecule has 0 saturated heterocycles. The maximum absolute atomic E-state index is 9.63. The summed E-state index contributed by atoms with van der Waals surface area (Å²) in [6.45, 7) is 1.85. The molecule has 2 nitrogen and oxygen atoms in total. The molecule has 0 unspecified atom stereocenters. The first-order valence-corrected chi connectivity index (χ1v) is 2.61. The van der Waals surface area contributed by atoms with Crippen molar-refractivity contribution in [1.29, 1.82) is 0 Å². The van der Waals surface area contributed by atoms with Gasteiger partial charge in [0.25, 0.3) is 0 Å². The van der Waals surface area contributed by atoms with Gasteiger partial charge in [0.2, 0.25) is 0 Å². The number of carbonyl (C=O) groups excluding carboxylic acids is 1. The quantitative estimate of drug-likeness (QED) is 0.429. The normalized spacial score (nSPS) is 14.2. The molecule has 1 atom stereocenters. The molecule has 0 aliphatic carbocycles. The number of hydrogen-bond acceptors (Lipinski definition) is 2. The minimum absolute atomic E-state index is 0.458. The van der Waals surface area contributed by atoms with Crippen LogP contribution in [0.15, 0.2) is 12.2 Å². The third-order valence-corrected chi connectivity index (χ3v) is 0.830. The fourth-order valence-corrected chi connectivity index (χ4v) is 0.310. The molecule has 2 heteroatoms. The Morgan fingerprint density at radius 3 is 2.75 bits per heavy atom. The highest BCUT2D eigenvalue weighted by atomic mass is 16.3. The van der Waals surface area contributed by atoms with Crippen molar-refractivity contribution in [3.05, 3.63) is 12.2 Å². The summed E-state index contributed by atoms with van der Waals surface area (Å²) in [6.07, 6.45) is 3.62. The molecular weight excluding hydrogens is 104 g/mol. The zero-order chi connectivity index (χ0) is 6.41. The van der Waals surface area contributed by atoms with Crippen molar-refractivity contribution in [1.82, 2.24) is 0 Å². The lowest BCUT2D eigenvalue weighted by Crippen LogP contribution is -1.97. The van der Waals surface area contributed by atoms with Crippen molar-refractivity contribution in [3.63, 3.8) is 0 Å². The Bertz CT molecular complexity index is 86.5. The van der Waals surface area contributed by atoms with Crippen LogP contribution >= 0.6 is 0 Å². The van der Waals surface area contributed by atoms with Crippen molar-refractivity contribution in [2.45, 2.75) is 19.4 Å². The van der Waals surface area contributed by atoms with Crippen molar-refractivity contribution < 1.29 is 9.90 Å². The van der Waals surface area contributed by atoms with Gasteiger partial charge in [-0.1, -0.05) is 13.0 Å². The van der Waals surface area contributed by atoms with E-state index in [0.717, 1.165) is 0 Å². The predicted octanol–water partition coefficient (Wildman–Crippen LogP) is 0.512. The van der Waals surface area contributed by atoms with Crippen LogP contribution in [-0.2, 0) is 4.79 Å². The van der Waals surface area contributed by atoms with E-state index in [2.05, 4.69) is 0 Å². The minimum atomic E-state index is -0.458. The molecule has 0 aromatic heterocycles. The van der Waals surface area contributed by atoms with Crippen LogP contribution in [0.1, 0.15) is 13.3 Å². The third kappa shape index (κ3) is 3.56. The lowest BCUT2D eigenvalue weighted by molar-refractivity contribution is -0.104. The van der Waals surface area contributed by atoms with Gasteiger partial charge < -0.3 is 5.11 Å². The highest BCUT2D eigenvalue weighted by Crippen LogP contribution is 1.88. The van der Waals surface area contributed by atoms with Gasteiger partial charge in [0, 0.05) is 0 Å². The Labute approximate surface area is 48.8 Å². The van der Waals surface area contributed by atoms with Gasteiger partial charge in [0.05, 0.1) is 6.10 Å². The Kier molecular flexibility index (Phi) is 4.17. The minimum Gasteiger partial charge on any atom is -0.389 e. The predicted molar refractivity (Wildman–Crippen MR) is 31.5 cm³/mol. The van der Waals surface area contributed by atoms with E-state index in [-0.39, 0.29) is 0 Å². The van der Waals surface area contributed by atoms with E-state index in [9.17, 15) is 4.79 Å². The fourth-order valence-electron chi connectivity index (χ4n) is 0.310. The van der Waals surface area contributed by atoms with E-state index in [1.165, 1.54) is 12.2 Å². The highest BCUT2D eigenvalue weighted by molar-refractivity contribution is 5.64. The molecule has 0 bridgehead atoms.